The minimum Gasteiger partial charge on any atom is -0.497 e. The van der Waals surface area contributed by atoms with Gasteiger partial charge in [-0.15, -0.1) is 0 Å². The highest BCUT2D eigenvalue weighted by Crippen LogP contribution is 2.50. The highest BCUT2D eigenvalue weighted by Gasteiger charge is 2.45. The van der Waals surface area contributed by atoms with Crippen LogP contribution in [0.4, 0.5) is 0 Å². The fourth-order valence-corrected chi connectivity index (χ4v) is 4.02. The smallest absolute Gasteiger partial charge is 0.304 e. The van der Waals surface area contributed by atoms with E-state index in [2.05, 4.69) is 20.8 Å². The third-order valence-electron chi connectivity index (χ3n) is 5.46. The second kappa shape index (κ2) is 6.08. The Morgan fingerprint density at radius 1 is 1.43 bits per heavy atom. The first-order valence-electron chi connectivity index (χ1n) is 7.77. The van der Waals surface area contributed by atoms with Crippen molar-refractivity contribution in [2.45, 2.75) is 51.9 Å². The second-order valence-electron chi connectivity index (χ2n) is 6.57. The molecule has 0 aromatic heterocycles. The summed E-state index contributed by atoms with van der Waals surface area (Å²) in [4.78, 5) is 11.5. The normalized spacial score (nSPS) is 29.1. The van der Waals surface area contributed by atoms with E-state index in [1.807, 2.05) is 18.2 Å². The lowest BCUT2D eigenvalue weighted by Gasteiger charge is -2.46. The van der Waals surface area contributed by atoms with E-state index in [1.165, 1.54) is 6.42 Å². The minimum atomic E-state index is -0.710. The van der Waals surface area contributed by atoms with Crippen molar-refractivity contribution in [2.24, 2.45) is 11.8 Å². The first-order chi connectivity index (χ1) is 9.90. The molecule has 0 spiro atoms. The maximum Gasteiger partial charge on any atom is 0.304 e. The molecule has 1 aliphatic rings. The Morgan fingerprint density at radius 3 is 2.76 bits per heavy atom. The van der Waals surface area contributed by atoms with Crippen molar-refractivity contribution in [3.8, 4) is 5.75 Å². The SMILES string of the molecule is COc1ccc(C)c([C@@]2(CC(=O)O)CCCC(C)[C@@H]2C)c1. The van der Waals surface area contributed by atoms with Crippen molar-refractivity contribution < 1.29 is 14.6 Å². The summed E-state index contributed by atoms with van der Waals surface area (Å²) in [6.45, 7) is 6.53. The molecule has 2 rings (SSSR count). The number of carbonyl (C=O) groups is 1. The molecule has 0 radical (unpaired) electrons. The molecule has 0 saturated heterocycles. The molecule has 3 atom stereocenters. The van der Waals surface area contributed by atoms with Gasteiger partial charge in [-0.25, -0.2) is 0 Å². The van der Waals surface area contributed by atoms with E-state index < -0.39 is 5.97 Å². The zero-order valence-electron chi connectivity index (χ0n) is 13.5. The monoisotopic (exact) mass is 290 g/mol. The number of hydrogen-bond acceptors (Lipinski definition) is 2. The van der Waals surface area contributed by atoms with Gasteiger partial charge in [-0.2, -0.15) is 0 Å². The molecular formula is C18H26O3. The van der Waals surface area contributed by atoms with Gasteiger partial charge in [0.25, 0.3) is 0 Å². The van der Waals surface area contributed by atoms with Gasteiger partial charge >= 0.3 is 5.97 Å². The second-order valence-corrected chi connectivity index (χ2v) is 6.57. The number of benzene rings is 1. The van der Waals surface area contributed by atoms with Crippen LogP contribution in [0.5, 0.6) is 5.75 Å². The Hall–Kier alpha value is -1.51. The number of aliphatic carboxylic acids is 1. The van der Waals surface area contributed by atoms with E-state index in [4.69, 9.17) is 4.74 Å². The molecule has 1 N–H and O–H groups in total. The number of rotatable bonds is 4. The van der Waals surface area contributed by atoms with Gasteiger partial charge < -0.3 is 9.84 Å². The zero-order chi connectivity index (χ0) is 15.6. The van der Waals surface area contributed by atoms with E-state index >= 15 is 0 Å². The van der Waals surface area contributed by atoms with Crippen LogP contribution in [0, 0.1) is 18.8 Å². The van der Waals surface area contributed by atoms with Gasteiger partial charge in [0.1, 0.15) is 5.75 Å². The van der Waals surface area contributed by atoms with Gasteiger partial charge in [0.05, 0.1) is 13.5 Å². The van der Waals surface area contributed by atoms with E-state index in [9.17, 15) is 9.90 Å². The van der Waals surface area contributed by atoms with Crippen LogP contribution >= 0.6 is 0 Å². The van der Waals surface area contributed by atoms with Gasteiger partial charge in [-0.05, 0) is 48.4 Å². The van der Waals surface area contributed by atoms with Gasteiger partial charge in [0, 0.05) is 5.41 Å². The molecule has 0 aliphatic heterocycles. The Labute approximate surface area is 127 Å². The average molecular weight is 290 g/mol. The molecule has 1 aromatic rings. The number of carboxylic acids is 1. The molecule has 1 unspecified atom stereocenters. The molecule has 116 valence electrons. The molecule has 3 nitrogen and oxygen atoms in total. The van der Waals surface area contributed by atoms with Crippen molar-refractivity contribution in [2.75, 3.05) is 7.11 Å². The van der Waals surface area contributed by atoms with Gasteiger partial charge in [0.15, 0.2) is 0 Å². The largest absolute Gasteiger partial charge is 0.497 e. The molecular weight excluding hydrogens is 264 g/mol. The predicted molar refractivity (Wildman–Crippen MR) is 83.8 cm³/mol. The molecule has 1 aromatic carbocycles. The van der Waals surface area contributed by atoms with Crippen LogP contribution in [0.15, 0.2) is 18.2 Å². The van der Waals surface area contributed by atoms with E-state index in [0.29, 0.717) is 11.8 Å². The van der Waals surface area contributed by atoms with Crippen LogP contribution in [-0.4, -0.2) is 18.2 Å². The van der Waals surface area contributed by atoms with Gasteiger partial charge in [0.2, 0.25) is 0 Å². The zero-order valence-corrected chi connectivity index (χ0v) is 13.5. The van der Waals surface area contributed by atoms with E-state index in [-0.39, 0.29) is 11.8 Å². The summed E-state index contributed by atoms with van der Waals surface area (Å²) in [6, 6.07) is 6.04. The molecule has 0 amide bonds. The lowest BCUT2D eigenvalue weighted by Crippen LogP contribution is -2.42. The molecule has 1 saturated carbocycles. The van der Waals surface area contributed by atoms with Crippen LogP contribution < -0.4 is 4.74 Å². The van der Waals surface area contributed by atoms with Crippen molar-refractivity contribution in [1.82, 2.24) is 0 Å². The number of hydrogen-bond donors (Lipinski definition) is 1. The average Bonchev–Trinajstić information content (AvgIpc) is 2.44. The molecule has 21 heavy (non-hydrogen) atoms. The highest BCUT2D eigenvalue weighted by atomic mass is 16.5. The number of methoxy groups -OCH3 is 1. The van der Waals surface area contributed by atoms with Crippen molar-refractivity contribution in [1.29, 1.82) is 0 Å². The first-order valence-corrected chi connectivity index (χ1v) is 7.77. The Kier molecular flexibility index (Phi) is 4.60. The number of ether oxygens (including phenoxy) is 1. The lowest BCUT2D eigenvalue weighted by atomic mass is 9.57. The summed E-state index contributed by atoms with van der Waals surface area (Å²) in [6.07, 6.45) is 3.42. The van der Waals surface area contributed by atoms with Crippen molar-refractivity contribution in [3.05, 3.63) is 29.3 Å². The standard InChI is InChI=1S/C18H26O3/c1-12-6-5-9-18(14(12)3,11-17(19)20)16-10-15(21-4)8-7-13(16)2/h7-8,10,12,14H,5-6,9,11H2,1-4H3,(H,19,20)/t12?,14-,18+/m0/s1. The Balaban J connectivity index is 2.56. The maximum absolute atomic E-state index is 11.5. The summed E-state index contributed by atoms with van der Waals surface area (Å²) in [7, 11) is 1.66. The Morgan fingerprint density at radius 2 is 2.14 bits per heavy atom. The van der Waals surface area contributed by atoms with Gasteiger partial charge in [-0.1, -0.05) is 32.8 Å². The summed E-state index contributed by atoms with van der Waals surface area (Å²) >= 11 is 0. The fourth-order valence-electron chi connectivity index (χ4n) is 4.02. The summed E-state index contributed by atoms with van der Waals surface area (Å²) in [5.74, 6) is 1.00. The number of carboxylic acid groups (broad SMARTS) is 1. The first kappa shape index (κ1) is 15.9. The van der Waals surface area contributed by atoms with Gasteiger partial charge in [-0.3, -0.25) is 4.79 Å². The number of aryl methyl sites for hydroxylation is 1. The minimum absolute atomic E-state index is 0.201. The third-order valence-corrected chi connectivity index (χ3v) is 5.46. The molecule has 0 heterocycles. The Bertz CT molecular complexity index is 523. The molecule has 1 fully saturated rings. The maximum atomic E-state index is 11.5. The highest BCUT2D eigenvalue weighted by molar-refractivity contribution is 5.69. The van der Waals surface area contributed by atoms with Crippen LogP contribution in [-0.2, 0) is 10.2 Å². The van der Waals surface area contributed by atoms with Crippen molar-refractivity contribution >= 4 is 5.97 Å². The van der Waals surface area contributed by atoms with E-state index in [0.717, 1.165) is 29.7 Å². The fraction of sp³-hybridized carbons (Fsp3) is 0.611. The summed E-state index contributed by atoms with van der Waals surface area (Å²) in [5, 5.41) is 9.48. The molecule has 1 aliphatic carbocycles. The predicted octanol–water partition coefficient (Wildman–Crippen LogP) is 4.17. The van der Waals surface area contributed by atoms with E-state index in [1.54, 1.807) is 7.11 Å². The summed E-state index contributed by atoms with van der Waals surface area (Å²) in [5.41, 5.74) is 2.04. The van der Waals surface area contributed by atoms with Crippen molar-refractivity contribution in [3.63, 3.8) is 0 Å². The third kappa shape index (κ3) is 2.92. The molecule has 0 bridgehead atoms. The molecule has 3 heteroatoms. The quantitative estimate of drug-likeness (QED) is 0.905. The van der Waals surface area contributed by atoms with Crippen LogP contribution in [0.1, 0.15) is 50.7 Å². The summed E-state index contributed by atoms with van der Waals surface area (Å²) < 4.78 is 5.37. The van der Waals surface area contributed by atoms with Crippen LogP contribution in [0.2, 0.25) is 0 Å². The van der Waals surface area contributed by atoms with Crippen LogP contribution in [0.25, 0.3) is 0 Å². The van der Waals surface area contributed by atoms with Crippen LogP contribution in [0.3, 0.4) is 0 Å². The topological polar surface area (TPSA) is 46.5 Å². The lowest BCUT2D eigenvalue weighted by molar-refractivity contribution is -0.139.